The zero-order valence-electron chi connectivity index (χ0n) is 21.7. The van der Waals surface area contributed by atoms with Crippen LogP contribution in [0.3, 0.4) is 0 Å². The highest BCUT2D eigenvalue weighted by Crippen LogP contribution is 2.37. The van der Waals surface area contributed by atoms with Crippen LogP contribution in [0.1, 0.15) is 5.56 Å². The molecule has 1 amide bonds. The van der Waals surface area contributed by atoms with Gasteiger partial charge in [0.05, 0.1) is 31.9 Å². The van der Waals surface area contributed by atoms with Crippen LogP contribution >= 0.6 is 34.7 Å². The Kier molecular flexibility index (Phi) is 9.74. The summed E-state index contributed by atoms with van der Waals surface area (Å²) in [6, 6.07) is 18.5. The molecule has 1 aromatic heterocycles. The monoisotopic (exact) mass is 620 g/mol. The molecule has 210 valence electrons. The normalized spacial score (nSPS) is 11.1. The standard InChI is InChI=1S/C26H25ClN4O6S3/c1-35-21-11-9-18(27)13-20(21)31(40(33,34)19-10-12-22(36-2)23(14-19)37-3)15-24(32)28-25-29-30-26(39-25)38-16-17-7-5-4-6-8-17/h4-14H,15-16H2,1-3H3,(H,28,29,32). The van der Waals surface area contributed by atoms with Gasteiger partial charge in [0.15, 0.2) is 15.8 Å². The maximum Gasteiger partial charge on any atom is 0.265 e. The maximum atomic E-state index is 13.9. The molecule has 0 unspecified atom stereocenters. The van der Waals surface area contributed by atoms with Gasteiger partial charge in [0.1, 0.15) is 12.3 Å². The third-order valence-corrected chi connectivity index (χ3v) is 9.53. The van der Waals surface area contributed by atoms with Gasteiger partial charge in [-0.1, -0.05) is 65.0 Å². The molecule has 0 radical (unpaired) electrons. The Morgan fingerprint density at radius 1 is 0.950 bits per heavy atom. The van der Waals surface area contributed by atoms with E-state index in [4.69, 9.17) is 25.8 Å². The van der Waals surface area contributed by atoms with Gasteiger partial charge in [-0.25, -0.2) is 8.42 Å². The average molecular weight is 621 g/mol. The number of aromatic nitrogens is 2. The molecule has 0 bridgehead atoms. The van der Waals surface area contributed by atoms with Gasteiger partial charge >= 0.3 is 0 Å². The zero-order chi connectivity index (χ0) is 28.7. The van der Waals surface area contributed by atoms with E-state index in [0.29, 0.717) is 15.8 Å². The summed E-state index contributed by atoms with van der Waals surface area (Å²) in [7, 11) is -0.0884. The molecule has 0 spiro atoms. The van der Waals surface area contributed by atoms with E-state index in [1.165, 1.54) is 74.8 Å². The van der Waals surface area contributed by atoms with E-state index in [9.17, 15) is 13.2 Å². The van der Waals surface area contributed by atoms with E-state index in [-0.39, 0.29) is 32.2 Å². The van der Waals surface area contributed by atoms with Gasteiger partial charge in [0, 0.05) is 16.8 Å². The van der Waals surface area contributed by atoms with Crippen molar-refractivity contribution in [2.45, 2.75) is 15.0 Å². The number of amides is 1. The molecule has 3 aromatic carbocycles. The summed E-state index contributed by atoms with van der Waals surface area (Å²) in [5, 5.41) is 11.3. The highest BCUT2D eigenvalue weighted by Gasteiger charge is 2.31. The summed E-state index contributed by atoms with van der Waals surface area (Å²) in [6.07, 6.45) is 0. The van der Waals surface area contributed by atoms with Crippen LogP contribution in [-0.4, -0.2) is 52.4 Å². The summed E-state index contributed by atoms with van der Waals surface area (Å²) in [5.74, 6) is 0.817. The van der Waals surface area contributed by atoms with Crippen molar-refractivity contribution in [1.29, 1.82) is 0 Å². The van der Waals surface area contributed by atoms with Gasteiger partial charge in [-0.2, -0.15) is 0 Å². The van der Waals surface area contributed by atoms with Gasteiger partial charge in [-0.15, -0.1) is 10.2 Å². The summed E-state index contributed by atoms with van der Waals surface area (Å²) in [5.41, 5.74) is 1.20. The lowest BCUT2D eigenvalue weighted by atomic mass is 10.2. The van der Waals surface area contributed by atoms with E-state index in [0.717, 1.165) is 9.87 Å². The Balaban J connectivity index is 1.60. The lowest BCUT2D eigenvalue weighted by Gasteiger charge is -2.26. The number of methoxy groups -OCH3 is 3. The fraction of sp³-hybridized carbons (Fsp3) is 0.192. The van der Waals surface area contributed by atoms with Crippen LogP contribution in [-0.2, 0) is 20.6 Å². The number of halogens is 1. The van der Waals surface area contributed by atoms with E-state index in [1.54, 1.807) is 6.07 Å². The maximum absolute atomic E-state index is 13.9. The second-order valence-corrected chi connectivity index (χ2v) is 12.5. The molecule has 4 rings (SSSR count). The van der Waals surface area contributed by atoms with Crippen molar-refractivity contribution in [2.24, 2.45) is 0 Å². The predicted molar refractivity (Wildman–Crippen MR) is 157 cm³/mol. The van der Waals surface area contributed by atoms with Gasteiger partial charge in [-0.3, -0.25) is 14.4 Å². The fourth-order valence-corrected chi connectivity index (χ4v) is 6.92. The van der Waals surface area contributed by atoms with Crippen molar-refractivity contribution in [3.8, 4) is 17.2 Å². The van der Waals surface area contributed by atoms with Crippen LogP contribution in [0.4, 0.5) is 10.8 Å². The molecule has 0 saturated heterocycles. The third-order valence-electron chi connectivity index (χ3n) is 5.50. The number of sulfonamides is 1. The van der Waals surface area contributed by atoms with Gasteiger partial charge in [0.25, 0.3) is 10.0 Å². The average Bonchev–Trinajstić information content (AvgIpc) is 3.41. The molecule has 0 aliphatic carbocycles. The summed E-state index contributed by atoms with van der Waals surface area (Å²) < 4.78 is 45.3. The minimum absolute atomic E-state index is 0.0799. The number of nitrogens with one attached hydrogen (secondary N) is 1. The lowest BCUT2D eigenvalue weighted by molar-refractivity contribution is -0.114. The number of hydrogen-bond acceptors (Lipinski definition) is 10. The van der Waals surface area contributed by atoms with Crippen LogP contribution < -0.4 is 23.8 Å². The molecule has 0 aliphatic heterocycles. The first kappa shape index (κ1) is 29.5. The molecule has 40 heavy (non-hydrogen) atoms. The second kappa shape index (κ2) is 13.2. The van der Waals surface area contributed by atoms with Gasteiger partial charge in [-0.05, 0) is 35.9 Å². The van der Waals surface area contributed by atoms with E-state index < -0.39 is 22.5 Å². The quantitative estimate of drug-likeness (QED) is 0.165. The SMILES string of the molecule is COc1ccc(S(=O)(=O)N(CC(=O)Nc2nnc(SCc3ccccc3)s2)c2cc(Cl)ccc2OC)cc1OC. The minimum atomic E-state index is -4.32. The predicted octanol–water partition coefficient (Wildman–Crippen LogP) is 5.34. The molecule has 1 heterocycles. The molecule has 10 nitrogen and oxygen atoms in total. The number of hydrogen-bond donors (Lipinski definition) is 1. The van der Waals surface area contributed by atoms with E-state index >= 15 is 0 Å². The van der Waals surface area contributed by atoms with Gasteiger partial charge in [0.2, 0.25) is 11.0 Å². The molecule has 0 fully saturated rings. The molecular formula is C26H25ClN4O6S3. The van der Waals surface area contributed by atoms with Crippen LogP contribution in [0.2, 0.25) is 5.02 Å². The van der Waals surface area contributed by atoms with E-state index in [2.05, 4.69) is 15.5 Å². The topological polar surface area (TPSA) is 120 Å². The molecule has 14 heteroatoms. The number of nitrogens with zero attached hydrogens (tertiary/aromatic N) is 3. The van der Waals surface area contributed by atoms with Crippen molar-refractivity contribution < 1.29 is 27.4 Å². The van der Waals surface area contributed by atoms with Crippen molar-refractivity contribution >= 4 is 61.4 Å². The first-order valence-electron chi connectivity index (χ1n) is 11.6. The Morgan fingerprint density at radius 2 is 1.65 bits per heavy atom. The highest BCUT2D eigenvalue weighted by atomic mass is 35.5. The zero-order valence-corrected chi connectivity index (χ0v) is 24.9. The molecule has 4 aromatic rings. The summed E-state index contributed by atoms with van der Waals surface area (Å²) in [4.78, 5) is 13.0. The second-order valence-electron chi connectivity index (χ2n) is 8.04. The molecule has 0 atom stereocenters. The number of carbonyl (C=O) groups excluding carboxylic acids is 1. The summed E-state index contributed by atoms with van der Waals surface area (Å²) in [6.45, 7) is -0.598. The Morgan fingerprint density at radius 3 is 2.35 bits per heavy atom. The molecular weight excluding hydrogens is 596 g/mol. The Bertz CT molecular complexity index is 1580. The first-order valence-corrected chi connectivity index (χ1v) is 15.3. The number of rotatable bonds is 12. The van der Waals surface area contributed by atoms with Crippen LogP contribution in [0.25, 0.3) is 0 Å². The van der Waals surface area contributed by atoms with Crippen LogP contribution in [0, 0.1) is 0 Å². The first-order chi connectivity index (χ1) is 19.2. The van der Waals surface area contributed by atoms with Crippen molar-refractivity contribution in [1.82, 2.24) is 10.2 Å². The smallest absolute Gasteiger partial charge is 0.265 e. The largest absolute Gasteiger partial charge is 0.495 e. The Hall–Kier alpha value is -3.52. The number of thioether (sulfide) groups is 1. The van der Waals surface area contributed by atoms with Crippen molar-refractivity contribution in [3.05, 3.63) is 77.3 Å². The minimum Gasteiger partial charge on any atom is -0.495 e. The number of ether oxygens (including phenoxy) is 3. The number of anilines is 2. The lowest BCUT2D eigenvalue weighted by Crippen LogP contribution is -2.38. The van der Waals surface area contributed by atoms with Crippen LogP contribution in [0.15, 0.2) is 76.0 Å². The Labute approximate surface area is 245 Å². The molecule has 0 aliphatic rings. The third kappa shape index (κ3) is 6.97. The van der Waals surface area contributed by atoms with E-state index in [1.807, 2.05) is 30.3 Å². The van der Waals surface area contributed by atoms with Crippen molar-refractivity contribution in [3.63, 3.8) is 0 Å². The van der Waals surface area contributed by atoms with Crippen LogP contribution in [0.5, 0.6) is 17.2 Å². The number of benzene rings is 3. The highest BCUT2D eigenvalue weighted by molar-refractivity contribution is 8.00. The molecule has 0 saturated carbocycles. The summed E-state index contributed by atoms with van der Waals surface area (Å²) >= 11 is 8.88. The molecule has 1 N–H and O–H groups in total. The number of carbonyl (C=O) groups is 1. The fourth-order valence-electron chi connectivity index (χ4n) is 3.59. The van der Waals surface area contributed by atoms with Crippen molar-refractivity contribution in [2.75, 3.05) is 37.5 Å². The van der Waals surface area contributed by atoms with Gasteiger partial charge < -0.3 is 14.2 Å².